The van der Waals surface area contributed by atoms with Gasteiger partial charge < -0.3 is 5.32 Å². The molecule has 0 spiro atoms. The Morgan fingerprint density at radius 2 is 1.75 bits per heavy atom. The molecule has 0 bridgehead atoms. The fourth-order valence-electron chi connectivity index (χ4n) is 2.19. The molecule has 1 amide bonds. The fraction of sp³-hybridized carbons (Fsp3) is 0.462. The monoisotopic (exact) mass is 398 g/mol. The van der Waals surface area contributed by atoms with Gasteiger partial charge in [-0.2, -0.15) is 0 Å². The Labute approximate surface area is 141 Å². The van der Waals surface area contributed by atoms with Gasteiger partial charge in [-0.05, 0) is 37.1 Å². The molecular formula is C13H14BrCl3N2O. The van der Waals surface area contributed by atoms with E-state index in [1.54, 1.807) is 24.3 Å². The molecular weight excluding hydrogens is 386 g/mol. The molecule has 1 saturated heterocycles. The molecule has 0 aromatic heterocycles. The predicted octanol–water partition coefficient (Wildman–Crippen LogP) is 3.97. The van der Waals surface area contributed by atoms with Gasteiger partial charge in [0.2, 0.25) is 3.79 Å². The van der Waals surface area contributed by atoms with Crippen molar-refractivity contribution in [3.63, 3.8) is 0 Å². The number of hydrogen-bond donors (Lipinski definition) is 1. The van der Waals surface area contributed by atoms with Crippen molar-refractivity contribution in [1.82, 2.24) is 10.2 Å². The van der Waals surface area contributed by atoms with Gasteiger partial charge in [-0.15, -0.1) is 0 Å². The molecule has 0 unspecified atom stereocenters. The highest BCUT2D eigenvalue weighted by atomic mass is 79.9. The molecule has 0 aliphatic carbocycles. The summed E-state index contributed by atoms with van der Waals surface area (Å²) in [5.41, 5.74) is 0.534. The zero-order valence-electron chi connectivity index (χ0n) is 10.6. The van der Waals surface area contributed by atoms with Crippen LogP contribution in [0.15, 0.2) is 28.7 Å². The fourth-order valence-corrected chi connectivity index (χ4v) is 3.03. The lowest BCUT2D eigenvalue weighted by molar-refractivity contribution is 0.0874. The summed E-state index contributed by atoms with van der Waals surface area (Å²) < 4.78 is -0.651. The van der Waals surface area contributed by atoms with Crippen molar-refractivity contribution in [1.29, 1.82) is 0 Å². The van der Waals surface area contributed by atoms with Gasteiger partial charge in [-0.1, -0.05) is 50.7 Å². The minimum atomic E-state index is -1.56. The van der Waals surface area contributed by atoms with Crippen LogP contribution in [-0.2, 0) is 0 Å². The van der Waals surface area contributed by atoms with Crippen LogP contribution in [0.5, 0.6) is 0 Å². The zero-order chi connectivity index (χ0) is 14.8. The average Bonchev–Trinajstić information content (AvgIpc) is 2.88. The predicted molar refractivity (Wildman–Crippen MR) is 86.5 cm³/mol. The third-order valence-electron chi connectivity index (χ3n) is 3.19. The molecule has 1 aliphatic heterocycles. The van der Waals surface area contributed by atoms with Crippen molar-refractivity contribution in [3.8, 4) is 0 Å². The van der Waals surface area contributed by atoms with Gasteiger partial charge in [0.15, 0.2) is 0 Å². The molecule has 1 atom stereocenters. The van der Waals surface area contributed by atoms with Crippen LogP contribution in [0.25, 0.3) is 0 Å². The molecule has 0 saturated carbocycles. The van der Waals surface area contributed by atoms with Crippen LogP contribution in [0, 0.1) is 0 Å². The number of halogens is 4. The standard InChI is InChI=1S/C13H14BrCl3N2O/c14-10-5-3-9(4-6-10)11(20)18-12(13(15,16)17)19-7-1-2-8-19/h3-6,12H,1-2,7-8H2,(H,18,20)/t12-/m1/s1. The first-order valence-corrected chi connectivity index (χ1v) is 8.18. The summed E-state index contributed by atoms with van der Waals surface area (Å²) in [6.45, 7) is 1.64. The van der Waals surface area contributed by atoms with Crippen molar-refractivity contribution < 1.29 is 4.79 Å². The van der Waals surface area contributed by atoms with Crippen LogP contribution in [0.4, 0.5) is 0 Å². The van der Waals surface area contributed by atoms with Gasteiger partial charge in [-0.3, -0.25) is 9.69 Å². The second-order valence-electron chi connectivity index (χ2n) is 4.67. The first-order chi connectivity index (χ1) is 9.38. The summed E-state index contributed by atoms with van der Waals surface area (Å²) in [7, 11) is 0. The van der Waals surface area contributed by atoms with Gasteiger partial charge in [-0.25, -0.2) is 0 Å². The van der Waals surface area contributed by atoms with E-state index < -0.39 is 9.96 Å². The van der Waals surface area contributed by atoms with E-state index in [1.165, 1.54) is 0 Å². The van der Waals surface area contributed by atoms with Crippen molar-refractivity contribution in [3.05, 3.63) is 34.3 Å². The van der Waals surface area contributed by atoms with Crippen LogP contribution >= 0.6 is 50.7 Å². The molecule has 1 fully saturated rings. The van der Waals surface area contributed by atoms with Crippen molar-refractivity contribution >= 4 is 56.6 Å². The summed E-state index contributed by atoms with van der Waals surface area (Å²) in [5, 5.41) is 2.81. The van der Waals surface area contributed by atoms with E-state index in [4.69, 9.17) is 34.8 Å². The maximum Gasteiger partial charge on any atom is 0.252 e. The Morgan fingerprint density at radius 3 is 2.25 bits per heavy atom. The van der Waals surface area contributed by atoms with Crippen molar-refractivity contribution in [2.75, 3.05) is 13.1 Å². The van der Waals surface area contributed by atoms with E-state index in [0.29, 0.717) is 5.56 Å². The number of amides is 1. The molecule has 110 valence electrons. The first kappa shape index (κ1) is 16.4. The molecule has 7 heteroatoms. The Bertz CT molecular complexity index is 469. The molecule has 1 aliphatic rings. The minimum absolute atomic E-state index is 0.249. The van der Waals surface area contributed by atoms with E-state index >= 15 is 0 Å². The third-order valence-corrected chi connectivity index (χ3v) is 4.34. The molecule has 20 heavy (non-hydrogen) atoms. The second kappa shape index (κ2) is 6.84. The first-order valence-electron chi connectivity index (χ1n) is 6.25. The molecule has 1 heterocycles. The van der Waals surface area contributed by atoms with Crippen LogP contribution in [-0.4, -0.2) is 33.9 Å². The quantitative estimate of drug-likeness (QED) is 0.779. The van der Waals surface area contributed by atoms with Crippen molar-refractivity contribution in [2.24, 2.45) is 0 Å². The summed E-state index contributed by atoms with van der Waals surface area (Å²) >= 11 is 21.3. The van der Waals surface area contributed by atoms with E-state index in [0.717, 1.165) is 30.4 Å². The number of hydrogen-bond acceptors (Lipinski definition) is 2. The second-order valence-corrected chi connectivity index (χ2v) is 7.95. The SMILES string of the molecule is O=C(N[C@H](N1CCCC1)C(Cl)(Cl)Cl)c1ccc(Br)cc1. The number of alkyl halides is 3. The summed E-state index contributed by atoms with van der Waals surface area (Å²) in [6, 6.07) is 7.04. The lowest BCUT2D eigenvalue weighted by Gasteiger charge is -2.33. The third kappa shape index (κ3) is 4.25. The number of rotatable bonds is 3. The number of nitrogens with one attached hydrogen (secondary N) is 1. The van der Waals surface area contributed by atoms with Gasteiger partial charge >= 0.3 is 0 Å². The highest BCUT2D eigenvalue weighted by Crippen LogP contribution is 2.33. The number of nitrogens with zero attached hydrogens (tertiary/aromatic N) is 1. The Hall–Kier alpha value is -0.000000000000000167. The molecule has 1 aromatic carbocycles. The lowest BCUT2D eigenvalue weighted by atomic mass is 10.2. The molecule has 1 N–H and O–H groups in total. The maximum atomic E-state index is 12.2. The summed E-state index contributed by atoms with van der Waals surface area (Å²) in [4.78, 5) is 14.2. The maximum absolute atomic E-state index is 12.2. The number of likely N-dealkylation sites (tertiary alicyclic amines) is 1. The highest BCUT2D eigenvalue weighted by molar-refractivity contribution is 9.10. The Kier molecular flexibility index (Phi) is 5.60. The van der Waals surface area contributed by atoms with Gasteiger partial charge in [0, 0.05) is 23.1 Å². The summed E-state index contributed by atoms with van der Waals surface area (Å²) in [5.74, 6) is -0.249. The zero-order valence-corrected chi connectivity index (χ0v) is 14.4. The van der Waals surface area contributed by atoms with E-state index in [1.807, 2.05) is 4.90 Å². The highest BCUT2D eigenvalue weighted by Gasteiger charge is 2.39. The van der Waals surface area contributed by atoms with Crippen LogP contribution < -0.4 is 5.32 Å². The average molecular weight is 401 g/mol. The van der Waals surface area contributed by atoms with E-state index in [-0.39, 0.29) is 5.91 Å². The number of carbonyl (C=O) groups is 1. The van der Waals surface area contributed by atoms with Crippen molar-refractivity contribution in [2.45, 2.75) is 22.8 Å². The van der Waals surface area contributed by atoms with Crippen LogP contribution in [0.2, 0.25) is 0 Å². The van der Waals surface area contributed by atoms with Gasteiger partial charge in [0.25, 0.3) is 5.91 Å². The number of carbonyl (C=O) groups excluding carboxylic acids is 1. The smallest absolute Gasteiger partial charge is 0.252 e. The number of benzene rings is 1. The Morgan fingerprint density at radius 1 is 1.20 bits per heavy atom. The van der Waals surface area contributed by atoms with Gasteiger partial charge in [0.05, 0.1) is 0 Å². The molecule has 0 radical (unpaired) electrons. The molecule has 3 nitrogen and oxygen atoms in total. The van der Waals surface area contributed by atoms with E-state index in [9.17, 15) is 4.79 Å². The Balaban J connectivity index is 2.11. The van der Waals surface area contributed by atoms with Crippen LogP contribution in [0.3, 0.4) is 0 Å². The molecule has 1 aromatic rings. The minimum Gasteiger partial charge on any atom is -0.332 e. The van der Waals surface area contributed by atoms with Gasteiger partial charge in [0.1, 0.15) is 6.17 Å². The topological polar surface area (TPSA) is 32.3 Å². The van der Waals surface area contributed by atoms with E-state index in [2.05, 4.69) is 21.2 Å². The largest absolute Gasteiger partial charge is 0.332 e. The summed E-state index contributed by atoms with van der Waals surface area (Å²) in [6.07, 6.45) is 1.47. The lowest BCUT2D eigenvalue weighted by Crippen LogP contribution is -2.54. The normalized spacial score (nSPS) is 18.0. The molecule has 2 rings (SSSR count). The van der Waals surface area contributed by atoms with Crippen LogP contribution in [0.1, 0.15) is 23.2 Å².